The molecule has 2 aromatic rings. The molecule has 0 fully saturated rings. The zero-order valence-electron chi connectivity index (χ0n) is 9.34. The maximum Gasteiger partial charge on any atom is 0.235 e. The molecule has 2 rings (SSSR count). The fraction of sp³-hybridized carbons (Fsp3) is 0.0833. The molecule has 0 saturated heterocycles. The fourth-order valence-corrected chi connectivity index (χ4v) is 2.12. The Morgan fingerprint density at radius 2 is 2.06 bits per heavy atom. The predicted octanol–water partition coefficient (Wildman–Crippen LogP) is 2.86. The lowest BCUT2D eigenvalue weighted by molar-refractivity contribution is -0.113. The van der Waals surface area contributed by atoms with E-state index >= 15 is 0 Å². The van der Waals surface area contributed by atoms with Crippen LogP contribution in [-0.4, -0.2) is 21.6 Å². The molecule has 0 aliphatic rings. The molecule has 92 valence electrons. The molecule has 1 N–H and O–H groups in total. The first-order chi connectivity index (χ1) is 8.74. The Balaban J connectivity index is 1.86. The minimum Gasteiger partial charge on any atom is -0.310 e. The molecule has 0 spiro atoms. The van der Waals surface area contributed by atoms with Gasteiger partial charge in [-0.2, -0.15) is 0 Å². The summed E-state index contributed by atoms with van der Waals surface area (Å²) < 4.78 is 0. The maximum atomic E-state index is 11.7. The number of carbonyl (C=O) groups is 1. The number of hydrogen-bond donors (Lipinski definition) is 1. The number of nitrogens with one attached hydrogen (secondary N) is 1. The van der Waals surface area contributed by atoms with Gasteiger partial charge in [0.25, 0.3) is 0 Å². The van der Waals surface area contributed by atoms with Crippen LogP contribution in [0.2, 0.25) is 5.28 Å². The molecule has 0 bridgehead atoms. The number of carbonyl (C=O) groups excluding carboxylic acids is 1. The number of nitrogens with zero attached hydrogens (tertiary/aromatic N) is 2. The highest BCUT2D eigenvalue weighted by atomic mass is 35.5. The minimum absolute atomic E-state index is 0.114. The van der Waals surface area contributed by atoms with Crippen molar-refractivity contribution in [2.24, 2.45) is 0 Å². The molecule has 0 atom stereocenters. The second kappa shape index (κ2) is 6.37. The number of thioether (sulfide) groups is 1. The monoisotopic (exact) mass is 279 g/mol. The van der Waals surface area contributed by atoms with E-state index in [0.29, 0.717) is 11.6 Å². The van der Waals surface area contributed by atoms with E-state index in [9.17, 15) is 4.79 Å². The first kappa shape index (κ1) is 12.9. The maximum absolute atomic E-state index is 11.7. The van der Waals surface area contributed by atoms with Crippen LogP contribution in [0.5, 0.6) is 0 Å². The van der Waals surface area contributed by atoms with Gasteiger partial charge in [0.15, 0.2) is 0 Å². The van der Waals surface area contributed by atoms with Crippen molar-refractivity contribution >= 4 is 35.1 Å². The van der Waals surface area contributed by atoms with Gasteiger partial charge in [0, 0.05) is 11.1 Å². The molecule has 1 aromatic heterocycles. The third-order valence-corrected chi connectivity index (χ3v) is 3.20. The summed E-state index contributed by atoms with van der Waals surface area (Å²) in [6.45, 7) is 0. The van der Waals surface area contributed by atoms with Gasteiger partial charge in [-0.25, -0.2) is 9.97 Å². The Hall–Kier alpha value is -1.59. The molecule has 4 nitrogen and oxygen atoms in total. The molecule has 0 radical (unpaired) electrons. The van der Waals surface area contributed by atoms with E-state index in [2.05, 4.69) is 15.3 Å². The Morgan fingerprint density at radius 1 is 1.28 bits per heavy atom. The summed E-state index contributed by atoms with van der Waals surface area (Å²) in [4.78, 5) is 20.3. The van der Waals surface area contributed by atoms with E-state index in [0.717, 1.165) is 4.90 Å². The Labute approximate surface area is 114 Å². The van der Waals surface area contributed by atoms with Crippen LogP contribution in [0.4, 0.5) is 5.82 Å². The average molecular weight is 280 g/mol. The normalized spacial score (nSPS) is 10.1. The van der Waals surface area contributed by atoms with E-state index in [4.69, 9.17) is 11.6 Å². The average Bonchev–Trinajstić information content (AvgIpc) is 2.38. The number of halogens is 1. The van der Waals surface area contributed by atoms with Crippen LogP contribution in [-0.2, 0) is 4.79 Å². The molecule has 1 heterocycles. The molecule has 0 saturated carbocycles. The Morgan fingerprint density at radius 3 is 2.78 bits per heavy atom. The largest absolute Gasteiger partial charge is 0.310 e. The SMILES string of the molecule is O=C(CSc1ccccc1)Nc1ccnc(Cl)n1. The Kier molecular flexibility index (Phi) is 4.55. The molecular formula is C12H10ClN3OS. The number of aromatic nitrogens is 2. The van der Waals surface area contributed by atoms with Crippen molar-refractivity contribution in [1.82, 2.24) is 9.97 Å². The highest BCUT2D eigenvalue weighted by Gasteiger charge is 2.04. The predicted molar refractivity (Wildman–Crippen MR) is 72.8 cm³/mol. The van der Waals surface area contributed by atoms with Gasteiger partial charge < -0.3 is 5.32 Å². The Bertz CT molecular complexity index is 536. The summed E-state index contributed by atoms with van der Waals surface area (Å²) >= 11 is 7.09. The highest BCUT2D eigenvalue weighted by molar-refractivity contribution is 8.00. The summed E-state index contributed by atoms with van der Waals surface area (Å²) in [5.41, 5.74) is 0. The molecule has 0 aliphatic heterocycles. The second-order valence-electron chi connectivity index (χ2n) is 3.36. The molecular weight excluding hydrogens is 270 g/mol. The van der Waals surface area contributed by atoms with Crippen LogP contribution in [0.25, 0.3) is 0 Å². The van der Waals surface area contributed by atoms with Crippen molar-refractivity contribution in [3.8, 4) is 0 Å². The van der Waals surface area contributed by atoms with Crippen LogP contribution in [0.1, 0.15) is 0 Å². The number of rotatable bonds is 4. The van der Waals surface area contributed by atoms with Gasteiger partial charge in [-0.15, -0.1) is 11.8 Å². The van der Waals surface area contributed by atoms with Gasteiger partial charge in [-0.05, 0) is 29.8 Å². The lowest BCUT2D eigenvalue weighted by atomic mass is 10.4. The van der Waals surface area contributed by atoms with Crippen LogP contribution in [0, 0.1) is 0 Å². The van der Waals surface area contributed by atoms with E-state index < -0.39 is 0 Å². The van der Waals surface area contributed by atoms with Gasteiger partial charge in [0.1, 0.15) is 5.82 Å². The summed E-state index contributed by atoms with van der Waals surface area (Å²) in [6, 6.07) is 11.3. The standard InChI is InChI=1S/C12H10ClN3OS/c13-12-14-7-6-10(16-12)15-11(17)8-18-9-4-2-1-3-5-9/h1-7H,8H2,(H,14,15,16,17). The van der Waals surface area contributed by atoms with Crippen molar-refractivity contribution < 1.29 is 4.79 Å². The zero-order valence-corrected chi connectivity index (χ0v) is 10.9. The number of benzene rings is 1. The number of hydrogen-bond acceptors (Lipinski definition) is 4. The van der Waals surface area contributed by atoms with E-state index in [1.165, 1.54) is 18.0 Å². The van der Waals surface area contributed by atoms with Crippen LogP contribution >= 0.6 is 23.4 Å². The molecule has 0 aliphatic carbocycles. The van der Waals surface area contributed by atoms with E-state index in [1.807, 2.05) is 30.3 Å². The topological polar surface area (TPSA) is 54.9 Å². The lowest BCUT2D eigenvalue weighted by Crippen LogP contribution is -2.15. The quantitative estimate of drug-likeness (QED) is 0.691. The molecule has 1 aromatic carbocycles. The van der Waals surface area contributed by atoms with Crippen LogP contribution < -0.4 is 5.32 Å². The summed E-state index contributed by atoms with van der Waals surface area (Å²) in [5.74, 6) is 0.610. The highest BCUT2D eigenvalue weighted by Crippen LogP contribution is 2.17. The minimum atomic E-state index is -0.126. The third-order valence-electron chi connectivity index (χ3n) is 2.01. The molecule has 0 unspecified atom stereocenters. The van der Waals surface area contributed by atoms with Crippen LogP contribution in [0.15, 0.2) is 47.5 Å². The van der Waals surface area contributed by atoms with Crippen molar-refractivity contribution in [2.75, 3.05) is 11.1 Å². The van der Waals surface area contributed by atoms with Crippen molar-refractivity contribution in [3.05, 3.63) is 47.9 Å². The third kappa shape index (κ3) is 4.01. The fourth-order valence-electron chi connectivity index (χ4n) is 1.25. The van der Waals surface area contributed by atoms with Gasteiger partial charge in [0.05, 0.1) is 5.75 Å². The van der Waals surface area contributed by atoms with Crippen molar-refractivity contribution in [2.45, 2.75) is 4.90 Å². The van der Waals surface area contributed by atoms with E-state index in [1.54, 1.807) is 6.07 Å². The summed E-state index contributed by atoms with van der Waals surface area (Å²) in [6.07, 6.45) is 1.50. The smallest absolute Gasteiger partial charge is 0.235 e. The van der Waals surface area contributed by atoms with Gasteiger partial charge in [-0.1, -0.05) is 18.2 Å². The molecule has 6 heteroatoms. The number of amides is 1. The lowest BCUT2D eigenvalue weighted by Gasteiger charge is -2.04. The molecule has 1 amide bonds. The number of anilines is 1. The van der Waals surface area contributed by atoms with E-state index in [-0.39, 0.29) is 11.2 Å². The first-order valence-electron chi connectivity index (χ1n) is 5.20. The first-order valence-corrected chi connectivity index (χ1v) is 6.56. The summed E-state index contributed by atoms with van der Waals surface area (Å²) in [7, 11) is 0. The van der Waals surface area contributed by atoms with Crippen LogP contribution in [0.3, 0.4) is 0 Å². The van der Waals surface area contributed by atoms with Gasteiger partial charge >= 0.3 is 0 Å². The van der Waals surface area contributed by atoms with Gasteiger partial charge in [0.2, 0.25) is 11.2 Å². The van der Waals surface area contributed by atoms with Gasteiger partial charge in [-0.3, -0.25) is 4.79 Å². The summed E-state index contributed by atoms with van der Waals surface area (Å²) in [5, 5.41) is 2.77. The second-order valence-corrected chi connectivity index (χ2v) is 4.75. The van der Waals surface area contributed by atoms with Crippen molar-refractivity contribution in [1.29, 1.82) is 0 Å². The molecule has 18 heavy (non-hydrogen) atoms. The zero-order chi connectivity index (χ0) is 12.8. The van der Waals surface area contributed by atoms with Crippen molar-refractivity contribution in [3.63, 3.8) is 0 Å².